The van der Waals surface area contributed by atoms with Crippen molar-refractivity contribution < 1.29 is 4.79 Å². The molecule has 0 aromatic heterocycles. The van der Waals surface area contributed by atoms with Gasteiger partial charge in [0, 0.05) is 31.7 Å². The van der Waals surface area contributed by atoms with Crippen LogP contribution in [0.3, 0.4) is 0 Å². The summed E-state index contributed by atoms with van der Waals surface area (Å²) in [7, 11) is 0. The van der Waals surface area contributed by atoms with Crippen LogP contribution in [-0.2, 0) is 11.3 Å². The number of guanidine groups is 1. The lowest BCUT2D eigenvalue weighted by Crippen LogP contribution is -2.42. The van der Waals surface area contributed by atoms with Crippen molar-refractivity contribution in [2.24, 2.45) is 16.6 Å². The maximum absolute atomic E-state index is 12.0. The molecular formula is C19H28N4O. The zero-order valence-corrected chi connectivity index (χ0v) is 14.6. The number of piperidine rings is 2. The first kappa shape index (κ1) is 16.8. The Kier molecular flexibility index (Phi) is 5.38. The highest BCUT2D eigenvalue weighted by Crippen LogP contribution is 2.21. The largest absolute Gasteiger partial charge is 0.370 e. The lowest BCUT2D eigenvalue weighted by Gasteiger charge is -2.31. The molecule has 0 radical (unpaired) electrons. The van der Waals surface area contributed by atoms with Crippen LogP contribution in [0.15, 0.2) is 29.3 Å². The van der Waals surface area contributed by atoms with Crippen LogP contribution < -0.4 is 10.6 Å². The van der Waals surface area contributed by atoms with E-state index in [1.165, 1.54) is 12.8 Å². The van der Waals surface area contributed by atoms with Crippen LogP contribution in [0.25, 0.3) is 0 Å². The van der Waals surface area contributed by atoms with E-state index in [1.54, 1.807) is 0 Å². The molecule has 2 fully saturated rings. The van der Waals surface area contributed by atoms with Gasteiger partial charge in [-0.15, -0.1) is 0 Å². The Hall–Kier alpha value is -2.04. The van der Waals surface area contributed by atoms with Crippen molar-refractivity contribution in [3.63, 3.8) is 0 Å². The predicted molar refractivity (Wildman–Crippen MR) is 97.9 cm³/mol. The molecule has 0 saturated carbocycles. The van der Waals surface area contributed by atoms with Gasteiger partial charge in [-0.2, -0.15) is 0 Å². The molecule has 0 unspecified atom stereocenters. The van der Waals surface area contributed by atoms with Crippen molar-refractivity contribution in [2.45, 2.75) is 45.6 Å². The van der Waals surface area contributed by atoms with Crippen molar-refractivity contribution in [1.29, 1.82) is 0 Å². The van der Waals surface area contributed by atoms with Gasteiger partial charge in [0.15, 0.2) is 5.96 Å². The number of rotatable bonds is 3. The minimum atomic E-state index is 0.232. The van der Waals surface area contributed by atoms with Crippen molar-refractivity contribution in [1.82, 2.24) is 4.90 Å². The molecule has 3 rings (SSSR count). The zero-order chi connectivity index (χ0) is 16.9. The van der Waals surface area contributed by atoms with Crippen LogP contribution in [-0.4, -0.2) is 36.4 Å². The Morgan fingerprint density at radius 1 is 1.17 bits per heavy atom. The minimum absolute atomic E-state index is 0.232. The lowest BCUT2D eigenvalue weighted by molar-refractivity contribution is -0.119. The number of benzene rings is 1. The van der Waals surface area contributed by atoms with Crippen molar-refractivity contribution in [2.75, 3.05) is 24.5 Å². The molecule has 2 aliphatic rings. The number of anilines is 1. The SMILES string of the molecule is CC1CCN(C(N)=NCc2ccc(N3CCCCC3=O)cc2)CC1. The van der Waals surface area contributed by atoms with E-state index in [-0.39, 0.29) is 5.91 Å². The van der Waals surface area contributed by atoms with E-state index < -0.39 is 0 Å². The molecule has 5 heteroatoms. The van der Waals surface area contributed by atoms with Gasteiger partial charge in [0.1, 0.15) is 0 Å². The molecule has 0 atom stereocenters. The number of nitrogens with two attached hydrogens (primary N) is 1. The zero-order valence-electron chi connectivity index (χ0n) is 14.6. The summed E-state index contributed by atoms with van der Waals surface area (Å²) in [5.41, 5.74) is 8.24. The highest BCUT2D eigenvalue weighted by Gasteiger charge is 2.19. The standard InChI is InChI=1S/C19H28N4O/c1-15-9-12-22(13-10-15)19(20)21-14-16-5-7-17(8-6-16)23-11-3-2-4-18(23)24/h5-8,15H,2-4,9-14H2,1H3,(H2,20,21). The fraction of sp³-hybridized carbons (Fsp3) is 0.579. The summed E-state index contributed by atoms with van der Waals surface area (Å²) in [5, 5.41) is 0. The van der Waals surface area contributed by atoms with Crippen molar-refractivity contribution >= 4 is 17.6 Å². The number of likely N-dealkylation sites (tertiary alicyclic amines) is 1. The smallest absolute Gasteiger partial charge is 0.226 e. The Morgan fingerprint density at radius 2 is 1.88 bits per heavy atom. The molecule has 1 aromatic rings. The summed E-state index contributed by atoms with van der Waals surface area (Å²) < 4.78 is 0. The van der Waals surface area contributed by atoms with E-state index >= 15 is 0 Å². The first-order valence-corrected chi connectivity index (χ1v) is 9.07. The molecule has 1 amide bonds. The van der Waals surface area contributed by atoms with Gasteiger partial charge < -0.3 is 15.5 Å². The van der Waals surface area contributed by atoms with Gasteiger partial charge in [-0.3, -0.25) is 4.79 Å². The quantitative estimate of drug-likeness (QED) is 0.685. The van der Waals surface area contributed by atoms with Gasteiger partial charge in [0.25, 0.3) is 0 Å². The van der Waals surface area contributed by atoms with Gasteiger partial charge in [0.05, 0.1) is 6.54 Å². The van der Waals surface area contributed by atoms with Crippen LogP contribution >= 0.6 is 0 Å². The summed E-state index contributed by atoms with van der Waals surface area (Å²) in [6, 6.07) is 8.14. The second-order valence-corrected chi connectivity index (χ2v) is 7.01. The highest BCUT2D eigenvalue weighted by atomic mass is 16.2. The van der Waals surface area contributed by atoms with Gasteiger partial charge in [-0.1, -0.05) is 19.1 Å². The van der Waals surface area contributed by atoms with E-state index in [9.17, 15) is 4.79 Å². The van der Waals surface area contributed by atoms with Crippen LogP contribution in [0.5, 0.6) is 0 Å². The number of nitrogens with zero attached hydrogens (tertiary/aromatic N) is 3. The van der Waals surface area contributed by atoms with Gasteiger partial charge in [0.2, 0.25) is 5.91 Å². The van der Waals surface area contributed by atoms with E-state index in [0.717, 1.165) is 49.6 Å². The average Bonchev–Trinajstić information content (AvgIpc) is 2.61. The summed E-state index contributed by atoms with van der Waals surface area (Å²) >= 11 is 0. The van der Waals surface area contributed by atoms with E-state index in [2.05, 4.69) is 16.8 Å². The molecule has 24 heavy (non-hydrogen) atoms. The number of carbonyl (C=O) groups excluding carboxylic acids is 1. The molecule has 130 valence electrons. The maximum atomic E-state index is 12.0. The van der Waals surface area contributed by atoms with Crippen LogP contribution in [0.2, 0.25) is 0 Å². The second-order valence-electron chi connectivity index (χ2n) is 7.01. The maximum Gasteiger partial charge on any atom is 0.226 e. The first-order valence-electron chi connectivity index (χ1n) is 9.07. The summed E-state index contributed by atoms with van der Waals surface area (Å²) in [6.45, 7) is 5.72. The first-order chi connectivity index (χ1) is 11.6. The number of aliphatic imine (C=N–C) groups is 1. The van der Waals surface area contributed by atoms with E-state index in [0.29, 0.717) is 18.9 Å². The highest BCUT2D eigenvalue weighted by molar-refractivity contribution is 5.93. The lowest BCUT2D eigenvalue weighted by atomic mass is 10.00. The summed E-state index contributed by atoms with van der Waals surface area (Å²) in [5.74, 6) is 1.67. The van der Waals surface area contributed by atoms with E-state index in [1.807, 2.05) is 29.2 Å². The number of amides is 1. The third-order valence-corrected chi connectivity index (χ3v) is 5.10. The molecule has 2 N–H and O–H groups in total. The Morgan fingerprint density at radius 3 is 2.54 bits per heavy atom. The molecule has 2 saturated heterocycles. The monoisotopic (exact) mass is 328 g/mol. The molecule has 0 bridgehead atoms. The van der Waals surface area contributed by atoms with Crippen LogP contribution in [0.1, 0.15) is 44.6 Å². The minimum Gasteiger partial charge on any atom is -0.370 e. The van der Waals surface area contributed by atoms with Gasteiger partial charge in [-0.25, -0.2) is 4.99 Å². The molecule has 1 aromatic carbocycles. The number of carbonyl (C=O) groups is 1. The Bertz CT molecular complexity index is 588. The number of hydrogen-bond acceptors (Lipinski definition) is 2. The van der Waals surface area contributed by atoms with Crippen molar-refractivity contribution in [3.05, 3.63) is 29.8 Å². The fourth-order valence-corrected chi connectivity index (χ4v) is 3.37. The normalized spacial score (nSPS) is 20.5. The van der Waals surface area contributed by atoms with Crippen molar-refractivity contribution in [3.8, 4) is 0 Å². The fourth-order valence-electron chi connectivity index (χ4n) is 3.37. The second kappa shape index (κ2) is 7.69. The molecule has 2 aliphatic heterocycles. The average molecular weight is 328 g/mol. The molecule has 2 heterocycles. The summed E-state index contributed by atoms with van der Waals surface area (Å²) in [6.07, 6.45) is 5.14. The molecule has 0 spiro atoms. The Labute approximate surface area is 144 Å². The van der Waals surface area contributed by atoms with Gasteiger partial charge >= 0.3 is 0 Å². The third kappa shape index (κ3) is 4.08. The van der Waals surface area contributed by atoms with Gasteiger partial charge in [-0.05, 0) is 49.3 Å². The molecule has 0 aliphatic carbocycles. The molecule has 5 nitrogen and oxygen atoms in total. The van der Waals surface area contributed by atoms with Crippen LogP contribution in [0.4, 0.5) is 5.69 Å². The Balaban J connectivity index is 1.57. The predicted octanol–water partition coefficient (Wildman–Crippen LogP) is 2.75. The number of hydrogen-bond donors (Lipinski definition) is 1. The van der Waals surface area contributed by atoms with E-state index in [4.69, 9.17) is 5.73 Å². The van der Waals surface area contributed by atoms with Crippen LogP contribution in [0, 0.1) is 5.92 Å². The molecular weight excluding hydrogens is 300 g/mol. The summed E-state index contributed by atoms with van der Waals surface area (Å²) in [4.78, 5) is 20.6. The topological polar surface area (TPSA) is 61.9 Å². The third-order valence-electron chi connectivity index (χ3n) is 5.10.